The summed E-state index contributed by atoms with van der Waals surface area (Å²) < 4.78 is 10.3. The fourth-order valence-electron chi connectivity index (χ4n) is 2.42. The predicted molar refractivity (Wildman–Crippen MR) is 91.6 cm³/mol. The number of guanidine groups is 1. The molecule has 1 aromatic heterocycles. The number of aromatic nitrogens is 1. The number of nitrogens with one attached hydrogen (secondary N) is 1. The van der Waals surface area contributed by atoms with Gasteiger partial charge >= 0.3 is 0 Å². The molecule has 23 heavy (non-hydrogen) atoms. The van der Waals surface area contributed by atoms with E-state index in [-0.39, 0.29) is 0 Å². The van der Waals surface area contributed by atoms with Crippen molar-refractivity contribution in [3.05, 3.63) is 46.8 Å². The maximum Gasteiger partial charge on any atom is 0.193 e. The third kappa shape index (κ3) is 4.82. The van der Waals surface area contributed by atoms with E-state index in [9.17, 15) is 0 Å². The summed E-state index contributed by atoms with van der Waals surface area (Å²) in [5.74, 6) is 1.29. The summed E-state index contributed by atoms with van der Waals surface area (Å²) >= 11 is 0. The van der Waals surface area contributed by atoms with Gasteiger partial charge in [0.15, 0.2) is 5.96 Å². The SMILES string of the molecule is COCc1ccccc1NC(N)=NCCCc1c(C)noc1C. The monoisotopic (exact) mass is 316 g/mol. The van der Waals surface area contributed by atoms with Gasteiger partial charge in [0.1, 0.15) is 5.76 Å². The second-order valence-electron chi connectivity index (χ2n) is 5.39. The Morgan fingerprint density at radius 1 is 1.35 bits per heavy atom. The summed E-state index contributed by atoms with van der Waals surface area (Å²) in [5.41, 5.74) is 10.0. The fourth-order valence-corrected chi connectivity index (χ4v) is 2.42. The number of anilines is 1. The lowest BCUT2D eigenvalue weighted by atomic mass is 10.1. The first kappa shape index (κ1) is 17.0. The van der Waals surface area contributed by atoms with Crippen molar-refractivity contribution in [1.29, 1.82) is 0 Å². The number of hydrogen-bond acceptors (Lipinski definition) is 4. The lowest BCUT2D eigenvalue weighted by Gasteiger charge is -2.10. The highest BCUT2D eigenvalue weighted by molar-refractivity contribution is 5.92. The number of nitrogens with zero attached hydrogens (tertiary/aromatic N) is 2. The van der Waals surface area contributed by atoms with Gasteiger partial charge in [-0.15, -0.1) is 0 Å². The number of methoxy groups -OCH3 is 1. The minimum atomic E-state index is 0.410. The van der Waals surface area contributed by atoms with Crippen LogP contribution in [0.1, 0.15) is 29.0 Å². The Hall–Kier alpha value is -2.34. The van der Waals surface area contributed by atoms with Gasteiger partial charge in [0.25, 0.3) is 0 Å². The minimum Gasteiger partial charge on any atom is -0.380 e. The first-order valence-corrected chi connectivity index (χ1v) is 7.67. The van der Waals surface area contributed by atoms with Gasteiger partial charge < -0.3 is 20.3 Å². The number of nitrogens with two attached hydrogens (primary N) is 1. The second-order valence-corrected chi connectivity index (χ2v) is 5.39. The molecular formula is C17H24N4O2. The molecule has 0 unspecified atom stereocenters. The lowest BCUT2D eigenvalue weighted by Crippen LogP contribution is -2.23. The number of rotatable bonds is 7. The number of aliphatic imine (C=N–C) groups is 1. The van der Waals surface area contributed by atoms with E-state index >= 15 is 0 Å². The van der Waals surface area contributed by atoms with Gasteiger partial charge in [-0.3, -0.25) is 4.99 Å². The van der Waals surface area contributed by atoms with Gasteiger partial charge in [-0.25, -0.2) is 0 Å². The maximum atomic E-state index is 5.96. The molecule has 1 aromatic carbocycles. The van der Waals surface area contributed by atoms with E-state index < -0.39 is 0 Å². The zero-order valence-electron chi connectivity index (χ0n) is 13.9. The molecule has 2 aromatic rings. The molecule has 0 atom stereocenters. The van der Waals surface area contributed by atoms with Crippen LogP contribution in [0.25, 0.3) is 0 Å². The van der Waals surface area contributed by atoms with E-state index in [2.05, 4.69) is 15.5 Å². The van der Waals surface area contributed by atoms with Gasteiger partial charge in [-0.2, -0.15) is 0 Å². The van der Waals surface area contributed by atoms with Crippen molar-refractivity contribution in [3.63, 3.8) is 0 Å². The topological polar surface area (TPSA) is 85.7 Å². The highest BCUT2D eigenvalue weighted by Gasteiger charge is 2.08. The molecule has 0 fully saturated rings. The van der Waals surface area contributed by atoms with Gasteiger partial charge in [-0.05, 0) is 32.8 Å². The van der Waals surface area contributed by atoms with Crippen molar-refractivity contribution < 1.29 is 9.26 Å². The zero-order valence-corrected chi connectivity index (χ0v) is 13.9. The van der Waals surface area contributed by atoms with Crippen LogP contribution in [-0.2, 0) is 17.8 Å². The van der Waals surface area contributed by atoms with Crippen molar-refractivity contribution >= 4 is 11.6 Å². The highest BCUT2D eigenvalue weighted by atomic mass is 16.5. The highest BCUT2D eigenvalue weighted by Crippen LogP contribution is 2.16. The van der Waals surface area contributed by atoms with Gasteiger partial charge in [0, 0.05) is 30.5 Å². The summed E-state index contributed by atoms with van der Waals surface area (Å²) in [5, 5.41) is 7.08. The van der Waals surface area contributed by atoms with E-state index in [4.69, 9.17) is 15.0 Å². The van der Waals surface area contributed by atoms with Gasteiger partial charge in [0.2, 0.25) is 0 Å². The van der Waals surface area contributed by atoms with Crippen molar-refractivity contribution in [2.75, 3.05) is 19.0 Å². The molecular weight excluding hydrogens is 292 g/mol. The summed E-state index contributed by atoms with van der Waals surface area (Å²) in [6.07, 6.45) is 1.78. The number of hydrogen-bond donors (Lipinski definition) is 2. The molecule has 0 aliphatic heterocycles. The molecule has 2 rings (SSSR count). The summed E-state index contributed by atoms with van der Waals surface area (Å²) in [6.45, 7) is 5.07. The second kappa shape index (κ2) is 8.33. The van der Waals surface area contributed by atoms with Crippen LogP contribution in [0, 0.1) is 13.8 Å². The van der Waals surface area contributed by atoms with Gasteiger partial charge in [-0.1, -0.05) is 23.4 Å². The Balaban J connectivity index is 1.86. The minimum absolute atomic E-state index is 0.410. The van der Waals surface area contributed by atoms with E-state index in [1.165, 1.54) is 0 Å². The predicted octanol–water partition coefficient (Wildman–Crippen LogP) is 2.80. The lowest BCUT2D eigenvalue weighted by molar-refractivity contribution is 0.185. The largest absolute Gasteiger partial charge is 0.380 e. The average molecular weight is 316 g/mol. The molecule has 3 N–H and O–H groups in total. The quantitative estimate of drug-likeness (QED) is 0.466. The molecule has 0 aliphatic rings. The molecule has 0 saturated heterocycles. The van der Waals surface area contributed by atoms with Crippen LogP contribution in [0.5, 0.6) is 0 Å². The Morgan fingerprint density at radius 3 is 2.83 bits per heavy atom. The van der Waals surface area contributed by atoms with Crippen molar-refractivity contribution in [2.45, 2.75) is 33.3 Å². The Kier molecular flexibility index (Phi) is 6.17. The zero-order chi connectivity index (χ0) is 16.7. The normalized spacial score (nSPS) is 11.7. The molecule has 6 heteroatoms. The van der Waals surface area contributed by atoms with E-state index in [1.807, 2.05) is 38.1 Å². The first-order valence-electron chi connectivity index (χ1n) is 7.67. The van der Waals surface area contributed by atoms with Crippen LogP contribution in [-0.4, -0.2) is 24.8 Å². The van der Waals surface area contributed by atoms with Crippen LogP contribution in [0.3, 0.4) is 0 Å². The molecule has 0 aliphatic carbocycles. The summed E-state index contributed by atoms with van der Waals surface area (Å²) in [6, 6.07) is 7.87. The van der Waals surface area contributed by atoms with E-state index in [0.29, 0.717) is 19.1 Å². The Labute approximate surface area is 136 Å². The van der Waals surface area contributed by atoms with Crippen LogP contribution >= 0.6 is 0 Å². The molecule has 6 nitrogen and oxygen atoms in total. The van der Waals surface area contributed by atoms with Crippen LogP contribution < -0.4 is 11.1 Å². The van der Waals surface area contributed by atoms with Crippen LogP contribution in [0.15, 0.2) is 33.8 Å². The molecule has 1 heterocycles. The molecule has 0 amide bonds. The third-order valence-electron chi connectivity index (χ3n) is 3.63. The van der Waals surface area contributed by atoms with Gasteiger partial charge in [0.05, 0.1) is 12.3 Å². The number of benzene rings is 1. The summed E-state index contributed by atoms with van der Waals surface area (Å²) in [7, 11) is 1.67. The van der Waals surface area contributed by atoms with Crippen LogP contribution in [0.4, 0.5) is 5.69 Å². The van der Waals surface area contributed by atoms with E-state index in [1.54, 1.807) is 7.11 Å². The van der Waals surface area contributed by atoms with Crippen molar-refractivity contribution in [2.24, 2.45) is 10.7 Å². The number of para-hydroxylation sites is 1. The Morgan fingerprint density at radius 2 is 2.13 bits per heavy atom. The Bertz CT molecular complexity index is 645. The van der Waals surface area contributed by atoms with Crippen molar-refractivity contribution in [1.82, 2.24) is 5.16 Å². The summed E-state index contributed by atoms with van der Waals surface area (Å²) in [4.78, 5) is 4.37. The molecule has 0 saturated carbocycles. The number of aryl methyl sites for hydroxylation is 2. The first-order chi connectivity index (χ1) is 11.1. The molecule has 124 valence electrons. The smallest absolute Gasteiger partial charge is 0.193 e. The van der Waals surface area contributed by atoms with Crippen LogP contribution in [0.2, 0.25) is 0 Å². The fraction of sp³-hybridized carbons (Fsp3) is 0.412. The van der Waals surface area contributed by atoms with E-state index in [0.717, 1.165) is 41.1 Å². The number of ether oxygens (including phenoxy) is 1. The molecule has 0 radical (unpaired) electrons. The van der Waals surface area contributed by atoms with Crippen molar-refractivity contribution in [3.8, 4) is 0 Å². The third-order valence-corrected chi connectivity index (χ3v) is 3.63. The molecule has 0 bridgehead atoms. The average Bonchev–Trinajstić information content (AvgIpc) is 2.85. The maximum absolute atomic E-state index is 5.96. The molecule has 0 spiro atoms. The standard InChI is InChI=1S/C17H24N4O2/c1-12-15(13(2)23-21-12)8-6-10-19-17(18)20-16-9-5-4-7-14(16)11-22-3/h4-5,7,9H,6,8,10-11H2,1-3H3,(H3,18,19,20).